The molecule has 3 rings (SSSR count). The second kappa shape index (κ2) is 6.13. The first-order valence-electron chi connectivity index (χ1n) is 7.14. The third kappa shape index (κ3) is 3.43. The van der Waals surface area contributed by atoms with E-state index in [0.717, 1.165) is 0 Å². The van der Waals surface area contributed by atoms with Crippen LogP contribution in [-0.2, 0) is 10.0 Å². The summed E-state index contributed by atoms with van der Waals surface area (Å²) in [5.41, 5.74) is -0.488. The Morgan fingerprint density at radius 3 is 2.91 bits per heavy atom. The zero-order valence-corrected chi connectivity index (χ0v) is 13.3. The fourth-order valence-electron chi connectivity index (χ4n) is 2.50. The monoisotopic (exact) mass is 336 g/mol. The SMILES string of the molecule is Cc1cc(O[C@@H]2CCN(S(=O)(=O)c3cccnc3)C2)cc(=O)o1. The Bertz CT molecular complexity index is 848. The van der Waals surface area contributed by atoms with E-state index in [1.807, 2.05) is 0 Å². The van der Waals surface area contributed by atoms with E-state index in [2.05, 4.69) is 4.98 Å². The van der Waals surface area contributed by atoms with Crippen LogP contribution in [0.2, 0.25) is 0 Å². The second-order valence-electron chi connectivity index (χ2n) is 5.30. The molecule has 1 aliphatic heterocycles. The van der Waals surface area contributed by atoms with Gasteiger partial charge in [0, 0.05) is 25.0 Å². The first-order valence-corrected chi connectivity index (χ1v) is 8.58. The first-order chi connectivity index (χ1) is 10.9. The van der Waals surface area contributed by atoms with Gasteiger partial charge < -0.3 is 9.15 Å². The van der Waals surface area contributed by atoms with Crippen LogP contribution in [0.5, 0.6) is 5.75 Å². The third-order valence-corrected chi connectivity index (χ3v) is 5.40. The van der Waals surface area contributed by atoms with Crippen molar-refractivity contribution in [3.05, 3.63) is 52.8 Å². The van der Waals surface area contributed by atoms with E-state index >= 15 is 0 Å². The number of sulfonamides is 1. The molecule has 0 aliphatic carbocycles. The summed E-state index contributed by atoms with van der Waals surface area (Å²) >= 11 is 0. The molecule has 0 saturated carbocycles. The second-order valence-corrected chi connectivity index (χ2v) is 7.24. The predicted octanol–water partition coefficient (Wildman–Crippen LogP) is 1.19. The lowest BCUT2D eigenvalue weighted by Gasteiger charge is -2.17. The zero-order chi connectivity index (χ0) is 16.4. The van der Waals surface area contributed by atoms with Crippen LogP contribution in [0.15, 0.2) is 50.8 Å². The van der Waals surface area contributed by atoms with Gasteiger partial charge in [0.25, 0.3) is 0 Å². The summed E-state index contributed by atoms with van der Waals surface area (Å²) in [6, 6.07) is 5.97. The van der Waals surface area contributed by atoms with Crippen LogP contribution < -0.4 is 10.4 Å². The van der Waals surface area contributed by atoms with E-state index in [1.54, 1.807) is 19.1 Å². The van der Waals surface area contributed by atoms with Gasteiger partial charge in [-0.1, -0.05) is 0 Å². The number of pyridine rings is 1. The van der Waals surface area contributed by atoms with Crippen LogP contribution in [0.1, 0.15) is 12.2 Å². The Labute approximate surface area is 133 Å². The minimum Gasteiger partial charge on any atom is -0.489 e. The normalized spacial score (nSPS) is 18.9. The van der Waals surface area contributed by atoms with Gasteiger partial charge in [-0.05, 0) is 25.5 Å². The molecule has 0 spiro atoms. The average Bonchev–Trinajstić information content (AvgIpc) is 2.96. The molecule has 122 valence electrons. The molecular weight excluding hydrogens is 320 g/mol. The highest BCUT2D eigenvalue weighted by Crippen LogP contribution is 2.23. The van der Waals surface area contributed by atoms with E-state index < -0.39 is 15.6 Å². The van der Waals surface area contributed by atoms with Crippen molar-refractivity contribution in [2.45, 2.75) is 24.3 Å². The lowest BCUT2D eigenvalue weighted by atomic mass is 10.3. The van der Waals surface area contributed by atoms with Gasteiger partial charge in [-0.3, -0.25) is 4.98 Å². The Balaban J connectivity index is 1.72. The summed E-state index contributed by atoms with van der Waals surface area (Å²) < 4.78 is 37.0. The topological polar surface area (TPSA) is 89.7 Å². The Hall–Kier alpha value is -2.19. The number of hydrogen-bond donors (Lipinski definition) is 0. The summed E-state index contributed by atoms with van der Waals surface area (Å²) in [4.78, 5) is 15.3. The van der Waals surface area contributed by atoms with Crippen LogP contribution >= 0.6 is 0 Å². The van der Waals surface area contributed by atoms with Crippen molar-refractivity contribution in [3.8, 4) is 5.75 Å². The Morgan fingerprint density at radius 2 is 2.22 bits per heavy atom. The zero-order valence-electron chi connectivity index (χ0n) is 12.5. The summed E-state index contributed by atoms with van der Waals surface area (Å²) in [5.74, 6) is 0.842. The number of hydrogen-bond acceptors (Lipinski definition) is 6. The maximum atomic E-state index is 12.5. The highest BCUT2D eigenvalue weighted by molar-refractivity contribution is 7.89. The summed E-state index contributed by atoms with van der Waals surface area (Å²) in [5, 5.41) is 0. The van der Waals surface area contributed by atoms with E-state index in [1.165, 1.54) is 28.8 Å². The first kappa shape index (κ1) is 15.7. The summed E-state index contributed by atoms with van der Waals surface area (Å²) in [6.45, 7) is 2.25. The van der Waals surface area contributed by atoms with Crippen LogP contribution in [0.4, 0.5) is 0 Å². The van der Waals surface area contributed by atoms with Crippen molar-refractivity contribution in [3.63, 3.8) is 0 Å². The Morgan fingerprint density at radius 1 is 1.39 bits per heavy atom. The molecule has 1 saturated heterocycles. The van der Waals surface area contributed by atoms with Gasteiger partial charge in [-0.25, -0.2) is 13.2 Å². The average molecular weight is 336 g/mol. The summed E-state index contributed by atoms with van der Waals surface area (Å²) in [7, 11) is -3.57. The molecule has 3 heterocycles. The van der Waals surface area contributed by atoms with Crippen molar-refractivity contribution in [2.75, 3.05) is 13.1 Å². The largest absolute Gasteiger partial charge is 0.489 e. The third-order valence-electron chi connectivity index (χ3n) is 3.55. The number of nitrogens with zero attached hydrogens (tertiary/aromatic N) is 2. The molecule has 1 fully saturated rings. The molecular formula is C15H16N2O5S. The van der Waals surface area contributed by atoms with Crippen molar-refractivity contribution >= 4 is 10.0 Å². The highest BCUT2D eigenvalue weighted by Gasteiger charge is 2.33. The van der Waals surface area contributed by atoms with Crippen molar-refractivity contribution < 1.29 is 17.6 Å². The molecule has 1 aliphatic rings. The van der Waals surface area contributed by atoms with Crippen molar-refractivity contribution in [2.24, 2.45) is 0 Å². The molecule has 0 bridgehead atoms. The fraction of sp³-hybridized carbons (Fsp3) is 0.333. The molecule has 2 aromatic heterocycles. The number of aryl methyl sites for hydroxylation is 1. The van der Waals surface area contributed by atoms with Crippen LogP contribution in [0.3, 0.4) is 0 Å². The van der Waals surface area contributed by atoms with Crippen LogP contribution in [0.25, 0.3) is 0 Å². The van der Waals surface area contributed by atoms with Gasteiger partial charge in [0.2, 0.25) is 10.0 Å². The van der Waals surface area contributed by atoms with Gasteiger partial charge in [0.15, 0.2) is 0 Å². The maximum absolute atomic E-state index is 12.5. The molecule has 0 radical (unpaired) electrons. The molecule has 8 heteroatoms. The van der Waals surface area contributed by atoms with Crippen LogP contribution in [0, 0.1) is 6.92 Å². The number of aromatic nitrogens is 1. The predicted molar refractivity (Wildman–Crippen MR) is 81.7 cm³/mol. The van der Waals surface area contributed by atoms with Crippen LogP contribution in [-0.4, -0.2) is 36.9 Å². The lowest BCUT2D eigenvalue weighted by molar-refractivity contribution is 0.213. The molecule has 2 aromatic rings. The fourth-order valence-corrected chi connectivity index (χ4v) is 3.95. The molecule has 7 nitrogen and oxygen atoms in total. The Kier molecular flexibility index (Phi) is 4.18. The smallest absolute Gasteiger partial charge is 0.339 e. The quantitative estimate of drug-likeness (QED) is 0.833. The minimum absolute atomic E-state index is 0.164. The lowest BCUT2D eigenvalue weighted by Crippen LogP contribution is -2.31. The molecule has 0 N–H and O–H groups in total. The van der Waals surface area contributed by atoms with Gasteiger partial charge in [-0.2, -0.15) is 4.31 Å². The van der Waals surface area contributed by atoms with E-state index in [-0.39, 0.29) is 17.5 Å². The number of ether oxygens (including phenoxy) is 1. The maximum Gasteiger partial charge on any atom is 0.339 e. The van der Waals surface area contributed by atoms with E-state index in [9.17, 15) is 13.2 Å². The van der Waals surface area contributed by atoms with E-state index in [4.69, 9.17) is 9.15 Å². The van der Waals surface area contributed by atoms with Gasteiger partial charge in [0.05, 0.1) is 12.6 Å². The van der Waals surface area contributed by atoms with Crippen molar-refractivity contribution in [1.29, 1.82) is 0 Å². The summed E-state index contributed by atoms with van der Waals surface area (Å²) in [6.07, 6.45) is 3.11. The van der Waals surface area contributed by atoms with Gasteiger partial charge in [0.1, 0.15) is 22.5 Å². The van der Waals surface area contributed by atoms with Gasteiger partial charge >= 0.3 is 5.63 Å². The standard InChI is InChI=1S/C15H16N2O5S/c1-11-7-13(8-15(18)21-11)22-12-4-6-17(10-12)23(19,20)14-3-2-5-16-9-14/h2-3,5,7-9,12H,4,6,10H2,1H3/t12-/m1/s1. The minimum atomic E-state index is -3.57. The molecule has 1 atom stereocenters. The highest BCUT2D eigenvalue weighted by atomic mass is 32.2. The van der Waals surface area contributed by atoms with E-state index in [0.29, 0.717) is 24.5 Å². The van der Waals surface area contributed by atoms with Crippen molar-refractivity contribution in [1.82, 2.24) is 9.29 Å². The molecule has 0 unspecified atom stereocenters. The number of rotatable bonds is 4. The molecule has 0 aromatic carbocycles. The van der Waals surface area contributed by atoms with Gasteiger partial charge in [-0.15, -0.1) is 0 Å². The molecule has 23 heavy (non-hydrogen) atoms. The molecule has 0 amide bonds.